The zero-order chi connectivity index (χ0) is 16.1. The van der Waals surface area contributed by atoms with Gasteiger partial charge in [0.05, 0.1) is 6.20 Å². The third-order valence-corrected chi connectivity index (χ3v) is 4.41. The first kappa shape index (κ1) is 15.8. The number of aromatic nitrogens is 1. The van der Waals surface area contributed by atoms with Crippen LogP contribution in [-0.2, 0) is 0 Å². The molecule has 0 aliphatic carbocycles. The number of fused-ring (bicyclic) bond motifs is 1. The molecule has 7 heteroatoms. The van der Waals surface area contributed by atoms with Gasteiger partial charge < -0.3 is 20.1 Å². The number of benzene rings is 1. The minimum Gasteiger partial charge on any atom is -0.454 e. The van der Waals surface area contributed by atoms with Crippen LogP contribution in [0.3, 0.4) is 0 Å². The average Bonchev–Trinajstić information content (AvgIpc) is 3.22. The second-order valence-corrected chi connectivity index (χ2v) is 6.13. The third kappa shape index (κ3) is 3.80. The summed E-state index contributed by atoms with van der Waals surface area (Å²) < 4.78 is 10.7. The lowest BCUT2D eigenvalue weighted by Gasteiger charge is -2.04. The average molecular weight is 333 g/mol. The molecule has 0 saturated heterocycles. The van der Waals surface area contributed by atoms with E-state index < -0.39 is 0 Å². The van der Waals surface area contributed by atoms with Crippen LogP contribution in [0.2, 0.25) is 0 Å². The molecule has 1 amide bonds. The highest BCUT2D eigenvalue weighted by molar-refractivity contribution is 7.16. The number of hydrogen-bond donors (Lipinski definition) is 2. The molecule has 3 rings (SSSR count). The van der Waals surface area contributed by atoms with Gasteiger partial charge in [0.2, 0.25) is 6.79 Å². The predicted molar refractivity (Wildman–Crippen MR) is 89.2 cm³/mol. The van der Waals surface area contributed by atoms with E-state index >= 15 is 0 Å². The molecule has 6 nitrogen and oxygen atoms in total. The molecule has 0 radical (unpaired) electrons. The molecule has 2 N–H and O–H groups in total. The summed E-state index contributed by atoms with van der Waals surface area (Å²) in [6.45, 7) is 4.70. The monoisotopic (exact) mass is 333 g/mol. The van der Waals surface area contributed by atoms with Crippen LogP contribution in [0.1, 0.15) is 23.0 Å². The van der Waals surface area contributed by atoms with E-state index in [1.54, 1.807) is 6.20 Å². The first-order valence-electron chi connectivity index (χ1n) is 7.62. The summed E-state index contributed by atoms with van der Waals surface area (Å²) in [5.74, 6) is 1.36. The number of hydrogen-bond acceptors (Lipinski definition) is 6. The summed E-state index contributed by atoms with van der Waals surface area (Å²) in [5.41, 5.74) is 0.919. The number of nitrogens with zero attached hydrogens (tertiary/aromatic N) is 1. The lowest BCUT2D eigenvalue weighted by atomic mass is 10.2. The van der Waals surface area contributed by atoms with Crippen LogP contribution in [0.4, 0.5) is 0 Å². The summed E-state index contributed by atoms with van der Waals surface area (Å²) >= 11 is 1.37. The number of nitrogens with one attached hydrogen (secondary N) is 2. The van der Waals surface area contributed by atoms with Crippen molar-refractivity contribution in [3.63, 3.8) is 0 Å². The molecule has 1 aromatic carbocycles. The zero-order valence-electron chi connectivity index (χ0n) is 12.9. The van der Waals surface area contributed by atoms with Crippen LogP contribution in [0.5, 0.6) is 11.5 Å². The van der Waals surface area contributed by atoms with Crippen molar-refractivity contribution in [2.24, 2.45) is 0 Å². The van der Waals surface area contributed by atoms with Crippen molar-refractivity contribution in [2.75, 3.05) is 26.4 Å². The molecule has 0 bridgehead atoms. The van der Waals surface area contributed by atoms with Gasteiger partial charge in [0, 0.05) is 18.7 Å². The van der Waals surface area contributed by atoms with E-state index in [-0.39, 0.29) is 12.7 Å². The van der Waals surface area contributed by atoms with E-state index in [9.17, 15) is 4.79 Å². The van der Waals surface area contributed by atoms with Crippen molar-refractivity contribution in [2.45, 2.75) is 13.3 Å². The largest absolute Gasteiger partial charge is 0.454 e. The zero-order valence-corrected chi connectivity index (χ0v) is 13.7. The molecular formula is C16H19N3O3S. The van der Waals surface area contributed by atoms with Crippen LogP contribution in [0.15, 0.2) is 24.4 Å². The molecule has 1 aliphatic heterocycles. The molecule has 0 saturated carbocycles. The Morgan fingerprint density at radius 3 is 3.00 bits per heavy atom. The van der Waals surface area contributed by atoms with Gasteiger partial charge in [-0.05, 0) is 31.2 Å². The van der Waals surface area contributed by atoms with Gasteiger partial charge in [-0.1, -0.05) is 6.92 Å². The van der Waals surface area contributed by atoms with Crippen molar-refractivity contribution >= 4 is 17.2 Å². The molecule has 122 valence electrons. The first-order valence-corrected chi connectivity index (χ1v) is 8.44. The van der Waals surface area contributed by atoms with E-state index in [0.29, 0.717) is 17.2 Å². The highest BCUT2D eigenvalue weighted by Crippen LogP contribution is 2.36. The Kier molecular flexibility index (Phi) is 5.09. The van der Waals surface area contributed by atoms with Crippen molar-refractivity contribution in [1.82, 2.24) is 15.6 Å². The van der Waals surface area contributed by atoms with Gasteiger partial charge in [-0.3, -0.25) is 4.79 Å². The molecule has 0 unspecified atom stereocenters. The number of ether oxygens (including phenoxy) is 2. The number of carbonyl (C=O) groups excluding carboxylic acids is 1. The lowest BCUT2D eigenvalue weighted by molar-refractivity contribution is 0.0958. The number of amides is 1. The minimum absolute atomic E-state index is 0.0900. The van der Waals surface area contributed by atoms with Crippen molar-refractivity contribution in [3.05, 3.63) is 29.3 Å². The Labute approximate surface area is 138 Å². The summed E-state index contributed by atoms with van der Waals surface area (Å²) in [7, 11) is 0. The predicted octanol–water partition coefficient (Wildman–Crippen LogP) is 2.27. The quantitative estimate of drug-likeness (QED) is 0.761. The smallest absolute Gasteiger partial charge is 0.263 e. The lowest BCUT2D eigenvalue weighted by Crippen LogP contribution is -2.31. The van der Waals surface area contributed by atoms with Crippen LogP contribution in [0, 0.1) is 0 Å². The van der Waals surface area contributed by atoms with Crippen LogP contribution in [-0.4, -0.2) is 37.3 Å². The first-order chi connectivity index (χ1) is 11.3. The van der Waals surface area contributed by atoms with Crippen LogP contribution in [0.25, 0.3) is 10.6 Å². The fourth-order valence-corrected chi connectivity index (χ4v) is 3.02. The Balaban J connectivity index is 1.60. The van der Waals surface area contributed by atoms with Gasteiger partial charge in [-0.15, -0.1) is 11.3 Å². The van der Waals surface area contributed by atoms with Gasteiger partial charge in [0.25, 0.3) is 5.91 Å². The molecular weight excluding hydrogens is 314 g/mol. The minimum atomic E-state index is -0.0900. The summed E-state index contributed by atoms with van der Waals surface area (Å²) in [4.78, 5) is 17.0. The maximum absolute atomic E-state index is 12.1. The standard InChI is InChI=1S/C16H19N3O3S/c1-2-5-17-6-7-18-15(20)14-9-19-16(23-14)11-3-4-12-13(8-11)22-10-21-12/h3-4,8-9,17H,2,5-7,10H2,1H3,(H,18,20). The van der Waals surface area contributed by atoms with Gasteiger partial charge in [0.1, 0.15) is 9.88 Å². The van der Waals surface area contributed by atoms with E-state index in [4.69, 9.17) is 9.47 Å². The number of carbonyl (C=O) groups is 1. The fourth-order valence-electron chi connectivity index (χ4n) is 2.20. The molecule has 0 fully saturated rings. The van der Waals surface area contributed by atoms with E-state index in [0.717, 1.165) is 35.8 Å². The Morgan fingerprint density at radius 2 is 2.13 bits per heavy atom. The van der Waals surface area contributed by atoms with Crippen LogP contribution >= 0.6 is 11.3 Å². The highest BCUT2D eigenvalue weighted by Gasteiger charge is 2.16. The summed E-state index contributed by atoms with van der Waals surface area (Å²) in [6.07, 6.45) is 2.70. The topological polar surface area (TPSA) is 72.5 Å². The fraction of sp³-hybridized carbons (Fsp3) is 0.375. The molecule has 0 atom stereocenters. The summed E-state index contributed by atoms with van der Waals surface area (Å²) in [5, 5.41) is 6.92. The van der Waals surface area contributed by atoms with E-state index in [2.05, 4.69) is 22.5 Å². The van der Waals surface area contributed by atoms with Crippen molar-refractivity contribution < 1.29 is 14.3 Å². The Hall–Kier alpha value is -2.12. The molecule has 0 spiro atoms. The third-order valence-electron chi connectivity index (χ3n) is 3.36. The second kappa shape index (κ2) is 7.43. The number of rotatable bonds is 7. The normalized spacial score (nSPS) is 12.4. The Bertz CT molecular complexity index is 687. The molecule has 2 heterocycles. The molecule has 1 aromatic heterocycles. The SMILES string of the molecule is CCCNCCNC(=O)c1cnc(-c2ccc3c(c2)OCO3)s1. The molecule has 1 aliphatic rings. The second-order valence-electron chi connectivity index (χ2n) is 5.10. The van der Waals surface area contributed by atoms with Crippen LogP contribution < -0.4 is 20.1 Å². The van der Waals surface area contributed by atoms with Crippen molar-refractivity contribution in [1.29, 1.82) is 0 Å². The van der Waals surface area contributed by atoms with Gasteiger partial charge in [0.15, 0.2) is 11.5 Å². The van der Waals surface area contributed by atoms with Gasteiger partial charge in [-0.25, -0.2) is 4.98 Å². The van der Waals surface area contributed by atoms with Gasteiger partial charge >= 0.3 is 0 Å². The maximum atomic E-state index is 12.1. The Morgan fingerprint density at radius 1 is 1.26 bits per heavy atom. The number of thiazole rings is 1. The van der Waals surface area contributed by atoms with Gasteiger partial charge in [-0.2, -0.15) is 0 Å². The van der Waals surface area contributed by atoms with E-state index in [1.165, 1.54) is 11.3 Å². The highest BCUT2D eigenvalue weighted by atomic mass is 32.1. The maximum Gasteiger partial charge on any atom is 0.263 e. The van der Waals surface area contributed by atoms with E-state index in [1.807, 2.05) is 18.2 Å². The summed E-state index contributed by atoms with van der Waals surface area (Å²) in [6, 6.07) is 5.67. The molecule has 23 heavy (non-hydrogen) atoms. The van der Waals surface area contributed by atoms with Crippen molar-refractivity contribution in [3.8, 4) is 22.1 Å². The molecule has 2 aromatic rings.